The molecule has 1 saturated heterocycles. The lowest BCUT2D eigenvalue weighted by molar-refractivity contribution is -0.128. The number of rotatable bonds is 8. The van der Waals surface area contributed by atoms with E-state index in [0.29, 0.717) is 36.8 Å². The summed E-state index contributed by atoms with van der Waals surface area (Å²) in [5, 5.41) is 3.67. The monoisotopic (exact) mass is 419 g/mol. The van der Waals surface area contributed by atoms with E-state index >= 15 is 0 Å². The minimum atomic E-state index is -3.56. The zero-order valence-electron chi connectivity index (χ0n) is 14.3. The van der Waals surface area contributed by atoms with Crippen molar-refractivity contribution in [2.24, 2.45) is 0 Å². The number of benzene rings is 1. The molecule has 4 rings (SSSR count). The van der Waals surface area contributed by atoms with Crippen LogP contribution in [0.15, 0.2) is 23.1 Å². The van der Waals surface area contributed by atoms with Gasteiger partial charge in [-0.05, 0) is 31.0 Å². The van der Waals surface area contributed by atoms with Crippen molar-refractivity contribution in [3.63, 3.8) is 0 Å². The highest BCUT2D eigenvalue weighted by Crippen LogP contribution is 2.38. The summed E-state index contributed by atoms with van der Waals surface area (Å²) in [6.07, 6.45) is 1.20. The highest BCUT2D eigenvalue weighted by molar-refractivity contribution is 7.89. The molecular weight excluding hydrogens is 400 g/mol. The number of morpholine rings is 1. The standard InChI is InChI=1S/C16H19F2N3O4S2/c17-15(18)25-6-1-4-19-16-20-11-3-2-10(8-14(11)26-16)27(22,23)21-5-7-24-13-9-12(13)21/h2-3,8,12-13,15H,1,4-7,9H2,(H,19,20). The highest BCUT2D eigenvalue weighted by Gasteiger charge is 2.50. The zero-order chi connectivity index (χ0) is 19.0. The van der Waals surface area contributed by atoms with Gasteiger partial charge in [-0.2, -0.15) is 13.1 Å². The molecule has 7 nitrogen and oxygen atoms in total. The molecule has 1 N–H and O–H groups in total. The van der Waals surface area contributed by atoms with E-state index in [1.54, 1.807) is 18.2 Å². The van der Waals surface area contributed by atoms with E-state index < -0.39 is 16.6 Å². The Bertz CT molecular complexity index is 922. The number of nitrogens with zero attached hydrogens (tertiary/aromatic N) is 2. The van der Waals surface area contributed by atoms with E-state index in [2.05, 4.69) is 15.0 Å². The van der Waals surface area contributed by atoms with Crippen LogP contribution in [-0.4, -0.2) is 62.8 Å². The lowest BCUT2D eigenvalue weighted by Crippen LogP contribution is -2.41. The molecule has 0 spiro atoms. The summed E-state index contributed by atoms with van der Waals surface area (Å²) in [6.45, 7) is -1.57. The lowest BCUT2D eigenvalue weighted by Gasteiger charge is -2.25. The van der Waals surface area contributed by atoms with Gasteiger partial charge in [0.15, 0.2) is 5.13 Å². The average Bonchev–Trinajstić information content (AvgIpc) is 3.31. The topological polar surface area (TPSA) is 80.8 Å². The number of nitrogens with one attached hydrogen (secondary N) is 1. The third-order valence-electron chi connectivity index (χ3n) is 4.52. The van der Waals surface area contributed by atoms with Gasteiger partial charge in [-0.15, -0.1) is 0 Å². The second kappa shape index (κ2) is 7.55. The minimum absolute atomic E-state index is 0.0329. The van der Waals surface area contributed by atoms with Gasteiger partial charge >= 0.3 is 6.61 Å². The molecule has 2 fully saturated rings. The molecule has 2 aliphatic rings. The van der Waals surface area contributed by atoms with Gasteiger partial charge in [-0.3, -0.25) is 0 Å². The summed E-state index contributed by atoms with van der Waals surface area (Å²) in [5.74, 6) is 0. The summed E-state index contributed by atoms with van der Waals surface area (Å²) >= 11 is 1.33. The number of thiazole rings is 1. The molecule has 0 radical (unpaired) electrons. The molecule has 1 aromatic carbocycles. The summed E-state index contributed by atoms with van der Waals surface area (Å²) < 4.78 is 61.6. The van der Waals surface area contributed by atoms with E-state index in [0.717, 1.165) is 11.1 Å². The average molecular weight is 419 g/mol. The predicted molar refractivity (Wildman–Crippen MR) is 96.7 cm³/mol. The Hall–Kier alpha value is -1.40. The van der Waals surface area contributed by atoms with Crippen LogP contribution in [0.25, 0.3) is 10.2 Å². The van der Waals surface area contributed by atoms with E-state index in [9.17, 15) is 17.2 Å². The Morgan fingerprint density at radius 3 is 3.11 bits per heavy atom. The Balaban J connectivity index is 1.44. The van der Waals surface area contributed by atoms with Crippen molar-refractivity contribution in [2.45, 2.75) is 36.5 Å². The molecule has 1 aliphatic heterocycles. The lowest BCUT2D eigenvalue weighted by atomic mass is 10.3. The maximum Gasteiger partial charge on any atom is 0.345 e. The Kier molecular flexibility index (Phi) is 5.30. The van der Waals surface area contributed by atoms with Gasteiger partial charge in [-0.1, -0.05) is 11.3 Å². The molecule has 0 amide bonds. The first kappa shape index (κ1) is 18.9. The van der Waals surface area contributed by atoms with Gasteiger partial charge in [0.1, 0.15) is 0 Å². The smallest absolute Gasteiger partial charge is 0.345 e. The number of fused-ring (bicyclic) bond motifs is 2. The number of ether oxygens (including phenoxy) is 2. The number of anilines is 1. The van der Waals surface area contributed by atoms with Crippen molar-refractivity contribution < 1.29 is 26.7 Å². The van der Waals surface area contributed by atoms with Gasteiger partial charge in [0, 0.05) is 13.1 Å². The van der Waals surface area contributed by atoms with Crippen LogP contribution < -0.4 is 5.32 Å². The largest absolute Gasteiger partial charge is 0.375 e. The van der Waals surface area contributed by atoms with Gasteiger partial charge in [0.2, 0.25) is 10.0 Å². The number of halogens is 2. The molecule has 2 atom stereocenters. The van der Waals surface area contributed by atoms with Crippen molar-refractivity contribution in [3.05, 3.63) is 18.2 Å². The summed E-state index contributed by atoms with van der Waals surface area (Å²) in [4.78, 5) is 4.65. The Morgan fingerprint density at radius 2 is 2.30 bits per heavy atom. The fourth-order valence-corrected chi connectivity index (χ4v) is 5.79. The van der Waals surface area contributed by atoms with Crippen LogP contribution in [0.1, 0.15) is 12.8 Å². The second-order valence-corrected chi connectivity index (χ2v) is 9.31. The number of hydrogen-bond acceptors (Lipinski definition) is 7. The van der Waals surface area contributed by atoms with Gasteiger partial charge in [0.05, 0.1) is 40.5 Å². The fraction of sp³-hybridized carbons (Fsp3) is 0.562. The Labute approximate surface area is 159 Å². The number of alkyl halides is 2. The minimum Gasteiger partial charge on any atom is -0.375 e. The normalized spacial score (nSPS) is 22.9. The molecule has 1 aromatic heterocycles. The molecule has 27 heavy (non-hydrogen) atoms. The van der Waals surface area contributed by atoms with Crippen molar-refractivity contribution in [1.29, 1.82) is 0 Å². The first-order valence-corrected chi connectivity index (χ1v) is 10.9. The molecule has 2 heterocycles. The van der Waals surface area contributed by atoms with Crippen LogP contribution >= 0.6 is 11.3 Å². The molecule has 148 valence electrons. The summed E-state index contributed by atoms with van der Waals surface area (Å²) in [7, 11) is -3.56. The van der Waals surface area contributed by atoms with E-state index in [-0.39, 0.29) is 23.6 Å². The molecule has 2 aromatic rings. The quantitative estimate of drug-likeness (QED) is 0.663. The van der Waals surface area contributed by atoms with Gasteiger partial charge < -0.3 is 14.8 Å². The SMILES string of the molecule is O=S(=O)(c1ccc2nc(NCCCOC(F)F)sc2c1)N1CCOC2CC21. The first-order valence-electron chi connectivity index (χ1n) is 8.63. The first-order chi connectivity index (χ1) is 12.9. The number of sulfonamides is 1. The molecule has 1 saturated carbocycles. The van der Waals surface area contributed by atoms with Crippen molar-refractivity contribution in [3.8, 4) is 0 Å². The molecule has 2 unspecified atom stereocenters. The van der Waals surface area contributed by atoms with Crippen LogP contribution in [0.4, 0.5) is 13.9 Å². The Morgan fingerprint density at radius 1 is 1.44 bits per heavy atom. The van der Waals surface area contributed by atoms with E-state index in [1.165, 1.54) is 15.6 Å². The van der Waals surface area contributed by atoms with Crippen LogP contribution in [0.2, 0.25) is 0 Å². The fourth-order valence-electron chi connectivity index (χ4n) is 3.12. The second-order valence-electron chi connectivity index (χ2n) is 6.39. The maximum absolute atomic E-state index is 12.9. The summed E-state index contributed by atoms with van der Waals surface area (Å²) in [6, 6.07) is 4.85. The van der Waals surface area contributed by atoms with Crippen LogP contribution in [-0.2, 0) is 19.5 Å². The van der Waals surface area contributed by atoms with Crippen LogP contribution in [0.3, 0.4) is 0 Å². The number of hydrogen-bond donors (Lipinski definition) is 1. The van der Waals surface area contributed by atoms with E-state index in [4.69, 9.17) is 4.74 Å². The summed E-state index contributed by atoms with van der Waals surface area (Å²) in [5.41, 5.74) is 0.691. The molecule has 11 heteroatoms. The van der Waals surface area contributed by atoms with Crippen molar-refractivity contribution in [1.82, 2.24) is 9.29 Å². The van der Waals surface area contributed by atoms with Crippen molar-refractivity contribution >= 4 is 36.7 Å². The molecular formula is C16H19F2N3O4S2. The van der Waals surface area contributed by atoms with Crippen LogP contribution in [0, 0.1) is 0 Å². The predicted octanol–water partition coefficient (Wildman–Crippen LogP) is 2.50. The third kappa shape index (κ3) is 4.06. The van der Waals surface area contributed by atoms with Crippen molar-refractivity contribution in [2.75, 3.05) is 31.6 Å². The van der Waals surface area contributed by atoms with Gasteiger partial charge in [0.25, 0.3) is 0 Å². The highest BCUT2D eigenvalue weighted by atomic mass is 32.2. The van der Waals surface area contributed by atoms with E-state index in [1.807, 2.05) is 0 Å². The maximum atomic E-state index is 12.9. The molecule has 0 bridgehead atoms. The number of aromatic nitrogens is 1. The zero-order valence-corrected chi connectivity index (χ0v) is 15.9. The molecule has 1 aliphatic carbocycles. The third-order valence-corrected chi connectivity index (χ3v) is 7.42. The van der Waals surface area contributed by atoms with Gasteiger partial charge in [-0.25, -0.2) is 13.4 Å². The van der Waals surface area contributed by atoms with Crippen LogP contribution in [0.5, 0.6) is 0 Å².